The van der Waals surface area contributed by atoms with Gasteiger partial charge in [-0.1, -0.05) is 36.4 Å². The van der Waals surface area contributed by atoms with E-state index in [-0.39, 0.29) is 11.3 Å². The van der Waals surface area contributed by atoms with Crippen molar-refractivity contribution in [3.63, 3.8) is 0 Å². The summed E-state index contributed by atoms with van der Waals surface area (Å²) in [7, 11) is 0. The van der Waals surface area contributed by atoms with Crippen LogP contribution in [-0.2, 0) is 32.6 Å². The van der Waals surface area contributed by atoms with Gasteiger partial charge in [0.25, 0.3) is 5.91 Å². The van der Waals surface area contributed by atoms with Crippen LogP contribution in [0.1, 0.15) is 36.0 Å². The summed E-state index contributed by atoms with van der Waals surface area (Å²) in [5.74, 6) is 0.109. The molecule has 2 atom stereocenters. The number of nitrogens with zero attached hydrogens (tertiary/aromatic N) is 1. The smallest absolute Gasteiger partial charge is 0.251 e. The van der Waals surface area contributed by atoms with E-state index >= 15 is 0 Å². The third-order valence-corrected chi connectivity index (χ3v) is 7.61. The van der Waals surface area contributed by atoms with Crippen LogP contribution in [0, 0.1) is 11.3 Å². The van der Waals surface area contributed by atoms with E-state index in [1.54, 1.807) is 0 Å². The van der Waals surface area contributed by atoms with Gasteiger partial charge in [-0.2, -0.15) is 5.26 Å². The molecule has 1 amide bonds. The van der Waals surface area contributed by atoms with Crippen LogP contribution in [0.25, 0.3) is 11.1 Å². The number of carbonyl (C=O) groups excluding carboxylic acids is 2. The fraction of sp³-hybridized carbons (Fsp3) is 0.464. The molecule has 0 bridgehead atoms. The van der Waals surface area contributed by atoms with Gasteiger partial charge >= 0.3 is 0 Å². The molecule has 3 N–H and O–H groups in total. The number of ketones is 1. The van der Waals surface area contributed by atoms with Gasteiger partial charge in [0.1, 0.15) is 17.9 Å². The number of rotatable bonds is 5. The molecule has 2 fully saturated rings. The van der Waals surface area contributed by atoms with Crippen LogP contribution in [0.5, 0.6) is 0 Å². The Morgan fingerprint density at radius 2 is 1.89 bits per heavy atom. The van der Waals surface area contributed by atoms with Crippen LogP contribution in [0.3, 0.4) is 0 Å². The van der Waals surface area contributed by atoms with E-state index in [0.717, 1.165) is 61.2 Å². The van der Waals surface area contributed by atoms with Crippen LogP contribution in [0.2, 0.25) is 0 Å². The molecule has 2 aromatic rings. The zero-order chi connectivity index (χ0) is 24.3. The SMILES string of the molecule is N#C[C@H](Cc1ccc(-c2ccc3c(c2)C2(CCNCC2)C(=O)C3)cc1)NC(=O)[C@@H]1CNCCCO1. The number of hydrogen-bond donors (Lipinski definition) is 3. The van der Waals surface area contributed by atoms with Gasteiger partial charge in [-0.25, -0.2) is 0 Å². The Labute approximate surface area is 206 Å². The van der Waals surface area contributed by atoms with E-state index in [4.69, 9.17) is 4.74 Å². The number of carbonyl (C=O) groups is 2. The lowest BCUT2D eigenvalue weighted by Gasteiger charge is -2.33. The lowest BCUT2D eigenvalue weighted by Crippen LogP contribution is -2.46. The fourth-order valence-electron chi connectivity index (χ4n) is 5.60. The van der Waals surface area contributed by atoms with E-state index in [9.17, 15) is 14.9 Å². The van der Waals surface area contributed by atoms with Crippen molar-refractivity contribution in [2.45, 2.75) is 49.7 Å². The number of hydrogen-bond acceptors (Lipinski definition) is 6. The average Bonchev–Trinajstić information content (AvgIpc) is 3.06. The minimum absolute atomic E-state index is 0.248. The maximum atomic E-state index is 12.9. The highest BCUT2D eigenvalue weighted by molar-refractivity contribution is 5.97. The second-order valence-corrected chi connectivity index (χ2v) is 9.81. The summed E-state index contributed by atoms with van der Waals surface area (Å²) in [6, 6.07) is 16.1. The number of fused-ring (bicyclic) bond motifs is 2. The van der Waals surface area contributed by atoms with E-state index in [2.05, 4.69) is 52.4 Å². The van der Waals surface area contributed by atoms with Crippen LogP contribution < -0.4 is 16.0 Å². The third kappa shape index (κ3) is 4.87. The lowest BCUT2D eigenvalue weighted by molar-refractivity contribution is -0.132. The zero-order valence-electron chi connectivity index (χ0n) is 19.9. The van der Waals surface area contributed by atoms with Crippen molar-refractivity contribution in [1.82, 2.24) is 16.0 Å². The number of nitriles is 1. The van der Waals surface area contributed by atoms with Gasteiger partial charge in [-0.3, -0.25) is 9.59 Å². The Hall–Kier alpha value is -3.05. The molecule has 2 aromatic carbocycles. The van der Waals surface area contributed by atoms with E-state index in [1.165, 1.54) is 5.56 Å². The second kappa shape index (κ2) is 10.3. The summed E-state index contributed by atoms with van der Waals surface area (Å²) < 4.78 is 5.60. The molecule has 1 aliphatic carbocycles. The van der Waals surface area contributed by atoms with Gasteiger partial charge in [0.05, 0.1) is 11.5 Å². The normalized spacial score (nSPS) is 22.1. The van der Waals surface area contributed by atoms with Crippen molar-refractivity contribution in [2.24, 2.45) is 0 Å². The highest BCUT2D eigenvalue weighted by Gasteiger charge is 2.46. The Bertz CT molecular complexity index is 1120. The van der Waals surface area contributed by atoms with Gasteiger partial charge in [0.2, 0.25) is 0 Å². The largest absolute Gasteiger partial charge is 0.367 e. The number of benzene rings is 2. The minimum Gasteiger partial charge on any atom is -0.367 e. The molecule has 0 saturated carbocycles. The summed E-state index contributed by atoms with van der Waals surface area (Å²) in [5.41, 5.74) is 5.20. The first-order valence-corrected chi connectivity index (χ1v) is 12.6. The molecule has 0 radical (unpaired) electrons. The monoisotopic (exact) mass is 472 g/mol. The quantitative estimate of drug-likeness (QED) is 0.615. The number of piperidine rings is 1. The molecule has 7 nitrogen and oxygen atoms in total. The fourth-order valence-corrected chi connectivity index (χ4v) is 5.60. The van der Waals surface area contributed by atoms with E-state index in [0.29, 0.717) is 31.8 Å². The Kier molecular flexibility index (Phi) is 6.96. The first-order chi connectivity index (χ1) is 17.1. The molecule has 182 valence electrons. The molecule has 0 aromatic heterocycles. The summed E-state index contributed by atoms with van der Waals surface area (Å²) in [6.07, 6.45) is 3.01. The highest BCUT2D eigenvalue weighted by atomic mass is 16.5. The summed E-state index contributed by atoms with van der Waals surface area (Å²) in [4.78, 5) is 25.5. The predicted molar refractivity (Wildman–Crippen MR) is 133 cm³/mol. The molecule has 0 unspecified atom stereocenters. The van der Waals surface area contributed by atoms with Crippen LogP contribution in [-0.4, -0.2) is 56.6 Å². The first kappa shape index (κ1) is 23.7. The van der Waals surface area contributed by atoms with Crippen molar-refractivity contribution in [2.75, 3.05) is 32.8 Å². The number of ether oxygens (including phenoxy) is 1. The predicted octanol–water partition coefficient (Wildman–Crippen LogP) is 2.03. The van der Waals surface area contributed by atoms with Gasteiger partial charge < -0.3 is 20.7 Å². The first-order valence-electron chi connectivity index (χ1n) is 12.6. The topological polar surface area (TPSA) is 103 Å². The van der Waals surface area contributed by atoms with Gasteiger partial charge in [0.15, 0.2) is 0 Å². The van der Waals surface area contributed by atoms with E-state index in [1.807, 2.05) is 12.1 Å². The summed E-state index contributed by atoms with van der Waals surface area (Å²) in [5, 5.41) is 19.0. The van der Waals surface area contributed by atoms with Gasteiger partial charge in [-0.05, 0) is 72.8 Å². The molecule has 35 heavy (non-hydrogen) atoms. The Morgan fingerprint density at radius 3 is 2.66 bits per heavy atom. The molecule has 2 saturated heterocycles. The van der Waals surface area contributed by atoms with Gasteiger partial charge in [0, 0.05) is 26.0 Å². The van der Waals surface area contributed by atoms with Crippen LogP contribution >= 0.6 is 0 Å². The second-order valence-electron chi connectivity index (χ2n) is 9.81. The van der Waals surface area contributed by atoms with Crippen LogP contribution in [0.15, 0.2) is 42.5 Å². The molecular weight excluding hydrogens is 440 g/mol. The highest BCUT2D eigenvalue weighted by Crippen LogP contribution is 2.44. The molecule has 7 heteroatoms. The molecular formula is C28H32N4O3. The molecule has 3 aliphatic rings. The van der Waals surface area contributed by atoms with Crippen molar-refractivity contribution < 1.29 is 14.3 Å². The summed E-state index contributed by atoms with van der Waals surface area (Å²) in [6.45, 7) is 3.59. The lowest BCUT2D eigenvalue weighted by atomic mass is 9.73. The minimum atomic E-state index is -0.619. The zero-order valence-corrected chi connectivity index (χ0v) is 19.9. The average molecular weight is 473 g/mol. The number of Topliss-reactive ketones (excluding diaryl/α,β-unsaturated/α-hetero) is 1. The third-order valence-electron chi connectivity index (χ3n) is 7.61. The standard InChI is InChI=1S/C28H32N4O3/c29-17-23(32-27(34)25-18-31-10-1-13-35-25)14-19-2-4-20(5-3-19)21-6-7-22-16-26(33)28(24(22)15-21)8-11-30-12-9-28/h2-7,15,23,25,30-31H,1,8-14,16,18H2,(H,32,34)/t23-,25-/m0/s1. The van der Waals surface area contributed by atoms with Gasteiger partial charge in [-0.15, -0.1) is 0 Å². The maximum Gasteiger partial charge on any atom is 0.251 e. The van der Waals surface area contributed by atoms with E-state index < -0.39 is 12.1 Å². The summed E-state index contributed by atoms with van der Waals surface area (Å²) >= 11 is 0. The Balaban J connectivity index is 1.27. The Morgan fingerprint density at radius 1 is 1.11 bits per heavy atom. The van der Waals surface area contributed by atoms with Crippen molar-refractivity contribution in [3.05, 3.63) is 59.2 Å². The van der Waals surface area contributed by atoms with Crippen molar-refractivity contribution in [3.8, 4) is 17.2 Å². The number of amides is 1. The molecule has 2 aliphatic heterocycles. The molecule has 1 spiro atoms. The van der Waals surface area contributed by atoms with Crippen molar-refractivity contribution in [1.29, 1.82) is 5.26 Å². The van der Waals surface area contributed by atoms with Crippen molar-refractivity contribution >= 4 is 11.7 Å². The molecule has 5 rings (SSSR count). The van der Waals surface area contributed by atoms with Crippen LogP contribution in [0.4, 0.5) is 0 Å². The number of nitrogens with one attached hydrogen (secondary N) is 3. The molecule has 2 heterocycles. The maximum absolute atomic E-state index is 12.9.